The van der Waals surface area contributed by atoms with Crippen molar-refractivity contribution in [2.24, 2.45) is 0 Å². The van der Waals surface area contributed by atoms with Gasteiger partial charge in [-0.05, 0) is 18.4 Å². The molecular weight excluding hydrogens is 248 g/mol. The first-order valence-corrected chi connectivity index (χ1v) is 5.78. The fourth-order valence-electron chi connectivity index (χ4n) is 1.56. The molecule has 1 rings (SSSR count). The van der Waals surface area contributed by atoms with Gasteiger partial charge in [0.1, 0.15) is 0 Å². The van der Waals surface area contributed by atoms with E-state index in [1.54, 1.807) is 19.1 Å². The number of carbonyl (C=O) groups is 2. The molecule has 0 saturated carbocycles. The Kier molecular flexibility index (Phi) is 4.69. The maximum absolute atomic E-state index is 11.4. The van der Waals surface area contributed by atoms with E-state index in [0.717, 1.165) is 6.08 Å². The Morgan fingerprint density at radius 3 is 2.42 bits per heavy atom. The van der Waals surface area contributed by atoms with Crippen molar-refractivity contribution < 1.29 is 24.5 Å². The number of aromatic hydroxyl groups is 1. The van der Waals surface area contributed by atoms with Crippen LogP contribution in [0.5, 0.6) is 11.5 Å². The van der Waals surface area contributed by atoms with E-state index in [9.17, 15) is 14.7 Å². The van der Waals surface area contributed by atoms with Gasteiger partial charge in [-0.15, -0.1) is 0 Å². The molecule has 1 aromatic rings. The quantitative estimate of drug-likeness (QED) is 0.495. The molecule has 0 aliphatic heterocycles. The van der Waals surface area contributed by atoms with Crippen LogP contribution in [0.3, 0.4) is 0 Å². The summed E-state index contributed by atoms with van der Waals surface area (Å²) < 4.78 is 4.98. The smallest absolute Gasteiger partial charge is 0.336 e. The number of benzene rings is 1. The van der Waals surface area contributed by atoms with Crippen molar-refractivity contribution in [2.45, 2.75) is 26.7 Å². The Labute approximate surface area is 111 Å². The van der Waals surface area contributed by atoms with Gasteiger partial charge in [0.05, 0.1) is 0 Å². The molecule has 0 atom stereocenters. The van der Waals surface area contributed by atoms with Crippen LogP contribution >= 0.6 is 0 Å². The standard InChI is InChI=1S/C14H16O5/c1-8(2)10-5-4-9(3)14(13(10)18)19-12(17)7-6-11(15)16/h4-8,18H,1-3H3,(H,15,16). The number of phenols is 1. The van der Waals surface area contributed by atoms with Crippen LogP contribution < -0.4 is 4.74 Å². The van der Waals surface area contributed by atoms with Gasteiger partial charge in [0.15, 0.2) is 11.5 Å². The number of hydrogen-bond donors (Lipinski definition) is 2. The third-order valence-electron chi connectivity index (χ3n) is 2.55. The van der Waals surface area contributed by atoms with Crippen LogP contribution in [0.1, 0.15) is 30.9 Å². The van der Waals surface area contributed by atoms with E-state index in [1.165, 1.54) is 0 Å². The van der Waals surface area contributed by atoms with Crippen LogP contribution in [0.25, 0.3) is 0 Å². The fraction of sp³-hybridized carbons (Fsp3) is 0.286. The molecule has 0 spiro atoms. The summed E-state index contributed by atoms with van der Waals surface area (Å²) in [4.78, 5) is 21.7. The number of hydrogen-bond acceptors (Lipinski definition) is 4. The first-order chi connectivity index (χ1) is 8.82. The molecule has 5 nitrogen and oxygen atoms in total. The topological polar surface area (TPSA) is 83.8 Å². The highest BCUT2D eigenvalue weighted by molar-refractivity contribution is 5.92. The van der Waals surface area contributed by atoms with Crippen LogP contribution in [-0.2, 0) is 9.59 Å². The average molecular weight is 264 g/mol. The molecule has 102 valence electrons. The van der Waals surface area contributed by atoms with E-state index in [0.29, 0.717) is 17.2 Å². The molecule has 0 amide bonds. The summed E-state index contributed by atoms with van der Waals surface area (Å²) in [7, 11) is 0. The Hall–Kier alpha value is -2.30. The predicted molar refractivity (Wildman–Crippen MR) is 69.3 cm³/mol. The number of phenolic OH excluding ortho intramolecular Hbond substituents is 1. The van der Waals surface area contributed by atoms with Crippen molar-refractivity contribution in [3.63, 3.8) is 0 Å². The second-order valence-corrected chi connectivity index (χ2v) is 4.40. The van der Waals surface area contributed by atoms with Crippen LogP contribution in [-0.4, -0.2) is 22.2 Å². The summed E-state index contributed by atoms with van der Waals surface area (Å²) in [6, 6.07) is 3.50. The summed E-state index contributed by atoms with van der Waals surface area (Å²) in [5.41, 5.74) is 1.26. The van der Waals surface area contributed by atoms with Crippen LogP contribution in [0.2, 0.25) is 0 Å². The Morgan fingerprint density at radius 1 is 1.26 bits per heavy atom. The normalized spacial score (nSPS) is 10.9. The number of rotatable bonds is 4. The molecule has 0 heterocycles. The molecule has 0 aliphatic carbocycles. The lowest BCUT2D eigenvalue weighted by atomic mass is 10.00. The first kappa shape index (κ1) is 14.8. The third kappa shape index (κ3) is 3.84. The van der Waals surface area contributed by atoms with Crippen molar-refractivity contribution in [1.29, 1.82) is 0 Å². The zero-order chi connectivity index (χ0) is 14.6. The highest BCUT2D eigenvalue weighted by atomic mass is 16.5. The lowest BCUT2D eigenvalue weighted by molar-refractivity contribution is -0.133. The molecule has 0 saturated heterocycles. The van der Waals surface area contributed by atoms with E-state index < -0.39 is 11.9 Å². The highest BCUT2D eigenvalue weighted by Gasteiger charge is 2.16. The Balaban J connectivity index is 3.04. The van der Waals surface area contributed by atoms with Crippen LogP contribution in [0.4, 0.5) is 0 Å². The van der Waals surface area contributed by atoms with Crippen molar-refractivity contribution >= 4 is 11.9 Å². The van der Waals surface area contributed by atoms with Gasteiger partial charge in [-0.1, -0.05) is 26.0 Å². The minimum absolute atomic E-state index is 0.0613. The largest absolute Gasteiger partial charge is 0.504 e. The molecular formula is C14H16O5. The van der Waals surface area contributed by atoms with Gasteiger partial charge in [0, 0.05) is 17.7 Å². The molecule has 0 aliphatic rings. The molecule has 0 bridgehead atoms. The highest BCUT2D eigenvalue weighted by Crippen LogP contribution is 2.37. The number of carboxylic acid groups (broad SMARTS) is 1. The number of aryl methyl sites for hydroxylation is 1. The third-order valence-corrected chi connectivity index (χ3v) is 2.55. The molecule has 1 aromatic carbocycles. The van der Waals surface area contributed by atoms with Crippen LogP contribution in [0, 0.1) is 6.92 Å². The SMILES string of the molecule is Cc1ccc(C(C)C)c(O)c1OC(=O)C=CC(=O)O. The predicted octanol–water partition coefficient (Wildman–Crippen LogP) is 2.37. The minimum atomic E-state index is -1.24. The van der Waals surface area contributed by atoms with Crippen molar-refractivity contribution in [1.82, 2.24) is 0 Å². The van der Waals surface area contributed by atoms with Gasteiger partial charge in [0.2, 0.25) is 0 Å². The summed E-state index contributed by atoms with van der Waals surface area (Å²) in [6.45, 7) is 5.49. The van der Waals surface area contributed by atoms with Crippen LogP contribution in [0.15, 0.2) is 24.3 Å². The molecule has 19 heavy (non-hydrogen) atoms. The van der Waals surface area contributed by atoms with Gasteiger partial charge >= 0.3 is 11.9 Å². The monoisotopic (exact) mass is 264 g/mol. The van der Waals surface area contributed by atoms with Crippen molar-refractivity contribution in [3.8, 4) is 11.5 Å². The minimum Gasteiger partial charge on any atom is -0.504 e. The zero-order valence-corrected chi connectivity index (χ0v) is 11.0. The van der Waals surface area contributed by atoms with E-state index in [2.05, 4.69) is 0 Å². The van der Waals surface area contributed by atoms with E-state index in [-0.39, 0.29) is 17.4 Å². The van der Waals surface area contributed by atoms with Crippen molar-refractivity contribution in [2.75, 3.05) is 0 Å². The lowest BCUT2D eigenvalue weighted by Crippen LogP contribution is -2.07. The first-order valence-electron chi connectivity index (χ1n) is 5.78. The molecule has 5 heteroatoms. The van der Waals surface area contributed by atoms with Gasteiger partial charge in [0.25, 0.3) is 0 Å². The maximum atomic E-state index is 11.4. The number of aliphatic carboxylic acids is 1. The second-order valence-electron chi connectivity index (χ2n) is 4.40. The summed E-state index contributed by atoms with van der Waals surface area (Å²) in [5, 5.41) is 18.5. The van der Waals surface area contributed by atoms with Gasteiger partial charge in [-0.2, -0.15) is 0 Å². The van der Waals surface area contributed by atoms with Gasteiger partial charge < -0.3 is 14.9 Å². The second kappa shape index (κ2) is 6.04. The number of esters is 1. The summed E-state index contributed by atoms with van der Waals surface area (Å²) >= 11 is 0. The Morgan fingerprint density at radius 2 is 1.89 bits per heavy atom. The van der Waals surface area contributed by atoms with Gasteiger partial charge in [-0.3, -0.25) is 0 Å². The molecule has 0 unspecified atom stereocenters. The zero-order valence-electron chi connectivity index (χ0n) is 11.0. The average Bonchev–Trinajstić information content (AvgIpc) is 2.31. The molecule has 2 N–H and O–H groups in total. The summed E-state index contributed by atoms with van der Waals surface area (Å²) in [6.07, 6.45) is 1.48. The van der Waals surface area contributed by atoms with E-state index in [4.69, 9.17) is 9.84 Å². The number of carbonyl (C=O) groups excluding carboxylic acids is 1. The molecule has 0 fully saturated rings. The molecule has 0 aromatic heterocycles. The molecule has 0 radical (unpaired) electrons. The lowest BCUT2D eigenvalue weighted by Gasteiger charge is -2.14. The fourth-order valence-corrected chi connectivity index (χ4v) is 1.56. The maximum Gasteiger partial charge on any atom is 0.336 e. The van der Waals surface area contributed by atoms with E-state index in [1.807, 2.05) is 13.8 Å². The number of ether oxygens (including phenoxy) is 1. The van der Waals surface area contributed by atoms with E-state index >= 15 is 0 Å². The number of carboxylic acids is 1. The summed E-state index contributed by atoms with van der Waals surface area (Å²) in [5.74, 6) is -2.04. The van der Waals surface area contributed by atoms with Gasteiger partial charge in [-0.25, -0.2) is 9.59 Å². The van der Waals surface area contributed by atoms with Crippen molar-refractivity contribution in [3.05, 3.63) is 35.4 Å². The Bertz CT molecular complexity index is 529.